The lowest BCUT2D eigenvalue weighted by molar-refractivity contribution is -0.660. The van der Waals surface area contributed by atoms with Gasteiger partial charge in [-0.2, -0.15) is 0 Å². The third kappa shape index (κ3) is 2.06. The summed E-state index contributed by atoms with van der Waals surface area (Å²) in [7, 11) is 4.10. The first-order chi connectivity index (χ1) is 11.2. The molecule has 23 heavy (non-hydrogen) atoms. The van der Waals surface area contributed by atoms with Crippen LogP contribution in [0.3, 0.4) is 0 Å². The van der Waals surface area contributed by atoms with Gasteiger partial charge in [-0.3, -0.25) is 0 Å². The molecule has 0 spiro atoms. The van der Waals surface area contributed by atoms with Gasteiger partial charge < -0.3 is 9.64 Å². The lowest BCUT2D eigenvalue weighted by Crippen LogP contribution is -2.30. The Bertz CT molecular complexity index is 905. The van der Waals surface area contributed by atoms with Gasteiger partial charge in [0.2, 0.25) is 11.6 Å². The van der Waals surface area contributed by atoms with Crippen molar-refractivity contribution in [1.29, 1.82) is 0 Å². The molecule has 0 aliphatic carbocycles. The van der Waals surface area contributed by atoms with E-state index in [2.05, 4.69) is 39.6 Å². The van der Waals surface area contributed by atoms with Crippen LogP contribution in [0, 0.1) is 6.92 Å². The minimum Gasteiger partial charge on any atom is -0.434 e. The van der Waals surface area contributed by atoms with Crippen LogP contribution in [0.1, 0.15) is 5.56 Å². The van der Waals surface area contributed by atoms with Gasteiger partial charge in [-0.1, -0.05) is 6.07 Å². The number of benzene rings is 1. The van der Waals surface area contributed by atoms with Crippen LogP contribution in [0.4, 0.5) is 11.4 Å². The average Bonchev–Trinajstić information content (AvgIpc) is 2.56. The Morgan fingerprint density at radius 1 is 1.04 bits per heavy atom. The summed E-state index contributed by atoms with van der Waals surface area (Å²) < 4.78 is 8.31. The molecule has 0 N–H and O–H groups in total. The Balaban J connectivity index is 1.98. The molecular formula is C19H18N3O+. The Labute approximate surface area is 135 Å². The van der Waals surface area contributed by atoms with Crippen molar-refractivity contribution in [2.24, 2.45) is 7.05 Å². The molecule has 0 bridgehead atoms. The highest BCUT2D eigenvalue weighted by Crippen LogP contribution is 2.49. The number of nitrogens with zero attached hydrogens (tertiary/aromatic N) is 3. The normalized spacial score (nSPS) is 12.4. The zero-order valence-electron chi connectivity index (χ0n) is 13.4. The SMILES string of the molecule is Cc1ccc2c(c1-c1cccc[n+]1C)Oc1ncccc1N2C. The second-order valence-corrected chi connectivity index (χ2v) is 5.79. The van der Waals surface area contributed by atoms with Gasteiger partial charge in [0.25, 0.3) is 0 Å². The zero-order valence-corrected chi connectivity index (χ0v) is 13.4. The number of ether oxygens (including phenoxy) is 1. The lowest BCUT2D eigenvalue weighted by atomic mass is 10.0. The molecule has 0 radical (unpaired) electrons. The van der Waals surface area contributed by atoms with Crippen LogP contribution in [0.5, 0.6) is 11.6 Å². The van der Waals surface area contributed by atoms with E-state index >= 15 is 0 Å². The number of fused-ring (bicyclic) bond motifs is 2. The Hall–Kier alpha value is -2.88. The lowest BCUT2D eigenvalue weighted by Gasteiger charge is -2.30. The first kappa shape index (κ1) is 13.8. The summed E-state index contributed by atoms with van der Waals surface area (Å²) in [6, 6.07) is 14.4. The van der Waals surface area contributed by atoms with E-state index in [1.54, 1.807) is 6.20 Å². The van der Waals surface area contributed by atoms with Gasteiger partial charge in [0.05, 0.1) is 11.3 Å². The van der Waals surface area contributed by atoms with Crippen molar-refractivity contribution in [2.75, 3.05) is 11.9 Å². The molecule has 1 aromatic carbocycles. The topological polar surface area (TPSA) is 29.2 Å². The van der Waals surface area contributed by atoms with E-state index in [-0.39, 0.29) is 0 Å². The molecule has 4 nitrogen and oxygen atoms in total. The van der Waals surface area contributed by atoms with Crippen molar-refractivity contribution in [1.82, 2.24) is 4.98 Å². The van der Waals surface area contributed by atoms with Gasteiger partial charge in [0.15, 0.2) is 11.9 Å². The molecule has 0 saturated heterocycles. The van der Waals surface area contributed by atoms with Crippen LogP contribution in [0.15, 0.2) is 54.9 Å². The highest BCUT2D eigenvalue weighted by Gasteiger charge is 2.28. The smallest absolute Gasteiger partial charge is 0.243 e. The van der Waals surface area contributed by atoms with Gasteiger partial charge in [0.1, 0.15) is 12.7 Å². The van der Waals surface area contributed by atoms with Crippen LogP contribution >= 0.6 is 0 Å². The minimum absolute atomic E-state index is 0.646. The fourth-order valence-electron chi connectivity index (χ4n) is 3.08. The summed E-state index contributed by atoms with van der Waals surface area (Å²) in [5.41, 5.74) is 5.43. The van der Waals surface area contributed by atoms with Crippen molar-refractivity contribution in [2.45, 2.75) is 6.92 Å². The average molecular weight is 304 g/mol. The van der Waals surface area contributed by atoms with Crippen LogP contribution in [-0.2, 0) is 7.05 Å². The molecule has 3 heterocycles. The zero-order chi connectivity index (χ0) is 16.0. The maximum absolute atomic E-state index is 6.20. The highest BCUT2D eigenvalue weighted by molar-refractivity contribution is 5.85. The van der Waals surface area contributed by atoms with Crippen LogP contribution in [0.25, 0.3) is 11.3 Å². The quantitative estimate of drug-likeness (QED) is 0.641. The predicted molar refractivity (Wildman–Crippen MR) is 90.2 cm³/mol. The number of hydrogen-bond acceptors (Lipinski definition) is 3. The maximum atomic E-state index is 6.20. The molecule has 0 unspecified atom stereocenters. The molecular weight excluding hydrogens is 286 g/mol. The van der Waals surface area contributed by atoms with E-state index in [4.69, 9.17) is 4.74 Å². The number of hydrogen-bond donors (Lipinski definition) is 0. The Morgan fingerprint density at radius 2 is 1.91 bits per heavy atom. The van der Waals surface area contributed by atoms with E-state index in [0.29, 0.717) is 5.88 Å². The largest absolute Gasteiger partial charge is 0.434 e. The van der Waals surface area contributed by atoms with Crippen molar-refractivity contribution >= 4 is 11.4 Å². The van der Waals surface area contributed by atoms with E-state index in [1.165, 1.54) is 5.56 Å². The first-order valence-corrected chi connectivity index (χ1v) is 7.62. The first-order valence-electron chi connectivity index (χ1n) is 7.62. The number of aryl methyl sites for hydroxylation is 2. The number of aromatic nitrogens is 2. The van der Waals surface area contributed by atoms with Crippen molar-refractivity contribution in [3.63, 3.8) is 0 Å². The van der Waals surface area contributed by atoms with Crippen molar-refractivity contribution in [3.8, 4) is 22.9 Å². The van der Waals surface area contributed by atoms with Crippen molar-refractivity contribution < 1.29 is 9.30 Å². The Morgan fingerprint density at radius 3 is 2.74 bits per heavy atom. The van der Waals surface area contributed by atoms with Gasteiger partial charge in [-0.05, 0) is 36.8 Å². The van der Waals surface area contributed by atoms with Crippen molar-refractivity contribution in [3.05, 3.63) is 60.4 Å². The number of pyridine rings is 2. The molecule has 1 aliphatic heterocycles. The second-order valence-electron chi connectivity index (χ2n) is 5.79. The Kier molecular flexibility index (Phi) is 3.05. The number of anilines is 2. The third-order valence-corrected chi connectivity index (χ3v) is 4.33. The van der Waals surface area contributed by atoms with E-state index in [1.807, 2.05) is 44.6 Å². The molecule has 4 heteroatoms. The summed E-state index contributed by atoms with van der Waals surface area (Å²) in [6.07, 6.45) is 3.81. The third-order valence-electron chi connectivity index (χ3n) is 4.33. The minimum atomic E-state index is 0.646. The molecule has 0 amide bonds. The van der Waals surface area contributed by atoms with E-state index in [0.717, 1.165) is 28.4 Å². The van der Waals surface area contributed by atoms with Gasteiger partial charge in [-0.15, -0.1) is 0 Å². The van der Waals surface area contributed by atoms with E-state index < -0.39 is 0 Å². The monoisotopic (exact) mass is 304 g/mol. The molecule has 0 atom stereocenters. The highest BCUT2D eigenvalue weighted by atomic mass is 16.5. The summed E-state index contributed by atoms with van der Waals surface area (Å²) in [5.74, 6) is 1.51. The summed E-state index contributed by atoms with van der Waals surface area (Å²) in [5, 5.41) is 0. The van der Waals surface area contributed by atoms with E-state index in [9.17, 15) is 0 Å². The molecule has 4 rings (SSSR count). The molecule has 2 aromatic heterocycles. The molecule has 0 fully saturated rings. The number of rotatable bonds is 1. The summed E-state index contributed by atoms with van der Waals surface area (Å²) >= 11 is 0. The predicted octanol–water partition coefficient (Wildman–Crippen LogP) is 3.76. The molecule has 3 aromatic rings. The second kappa shape index (κ2) is 5.09. The maximum Gasteiger partial charge on any atom is 0.243 e. The molecule has 1 aliphatic rings. The van der Waals surface area contributed by atoms with Crippen LogP contribution in [0.2, 0.25) is 0 Å². The molecule has 114 valence electrons. The summed E-state index contributed by atoms with van der Waals surface area (Å²) in [4.78, 5) is 6.52. The van der Waals surface area contributed by atoms with Gasteiger partial charge in [-0.25, -0.2) is 9.55 Å². The summed E-state index contributed by atoms with van der Waals surface area (Å²) in [6.45, 7) is 2.11. The van der Waals surface area contributed by atoms with Crippen LogP contribution in [-0.4, -0.2) is 12.0 Å². The fraction of sp³-hybridized carbons (Fsp3) is 0.158. The standard InChI is InChI=1S/C19H18N3O/c1-13-9-10-15-18(17(13)14-7-4-5-12-21(14)2)23-19-16(22(15)3)8-6-11-20-19/h4-12H,1-3H3/q+1. The fourth-order valence-corrected chi connectivity index (χ4v) is 3.08. The van der Waals surface area contributed by atoms with Gasteiger partial charge >= 0.3 is 0 Å². The molecule has 0 saturated carbocycles. The van der Waals surface area contributed by atoms with Crippen LogP contribution < -0.4 is 14.2 Å². The van der Waals surface area contributed by atoms with Gasteiger partial charge in [0, 0.05) is 25.4 Å².